The van der Waals surface area contributed by atoms with Crippen molar-refractivity contribution in [1.29, 1.82) is 0 Å². The molecule has 1 fully saturated rings. The minimum absolute atomic E-state index is 0.0900. The van der Waals surface area contributed by atoms with Gasteiger partial charge in [0.05, 0.1) is 39.6 Å². The van der Waals surface area contributed by atoms with E-state index in [0.29, 0.717) is 19.8 Å². The van der Waals surface area contributed by atoms with E-state index in [1.54, 1.807) is 0 Å². The van der Waals surface area contributed by atoms with Crippen LogP contribution in [-0.4, -0.2) is 60.7 Å². The van der Waals surface area contributed by atoms with Crippen LogP contribution in [0.1, 0.15) is 16.7 Å². The summed E-state index contributed by atoms with van der Waals surface area (Å²) < 4.78 is 30.9. The lowest BCUT2D eigenvalue weighted by Crippen LogP contribution is -2.57. The van der Waals surface area contributed by atoms with Crippen LogP contribution in [0.3, 0.4) is 0 Å². The van der Waals surface area contributed by atoms with Crippen LogP contribution in [-0.2, 0) is 43.5 Å². The minimum atomic E-state index is -1.01. The molecular formula is C29H34O7. The summed E-state index contributed by atoms with van der Waals surface area (Å²) in [4.78, 5) is 0. The van der Waals surface area contributed by atoms with Crippen LogP contribution < -0.4 is 0 Å². The van der Waals surface area contributed by atoms with Crippen LogP contribution in [0.25, 0.3) is 0 Å². The van der Waals surface area contributed by atoms with E-state index in [9.17, 15) is 10.2 Å². The van der Waals surface area contributed by atoms with Crippen molar-refractivity contribution >= 4 is 0 Å². The molecular weight excluding hydrogens is 460 g/mol. The Morgan fingerprint density at radius 3 is 1.64 bits per heavy atom. The van der Waals surface area contributed by atoms with Gasteiger partial charge in [0, 0.05) is 0 Å². The number of rotatable bonds is 13. The summed E-state index contributed by atoms with van der Waals surface area (Å²) in [6.45, 7) is 0.839. The maximum atomic E-state index is 9.84. The van der Waals surface area contributed by atoms with Crippen LogP contribution in [0.2, 0.25) is 0 Å². The van der Waals surface area contributed by atoms with E-state index in [-0.39, 0.29) is 13.2 Å². The molecule has 0 saturated carbocycles. The number of ether oxygens (including phenoxy) is 5. The van der Waals surface area contributed by atoms with Gasteiger partial charge in [0.1, 0.15) is 24.4 Å². The Kier molecular flexibility index (Phi) is 10.4. The molecule has 0 aliphatic carbocycles. The third-order valence-corrected chi connectivity index (χ3v) is 5.92. The number of hydrogen-bond acceptors (Lipinski definition) is 7. The molecule has 4 rings (SSSR count). The monoisotopic (exact) mass is 494 g/mol. The predicted molar refractivity (Wildman–Crippen MR) is 134 cm³/mol. The van der Waals surface area contributed by atoms with Gasteiger partial charge in [0.25, 0.3) is 0 Å². The van der Waals surface area contributed by atoms with E-state index in [0.717, 1.165) is 16.7 Å². The quantitative estimate of drug-likeness (QED) is 0.376. The first kappa shape index (κ1) is 26.4. The second-order valence-corrected chi connectivity index (χ2v) is 8.73. The lowest BCUT2D eigenvalue weighted by Gasteiger charge is -2.42. The molecule has 1 aliphatic rings. The van der Waals surface area contributed by atoms with Crippen molar-refractivity contribution in [3.63, 3.8) is 0 Å². The van der Waals surface area contributed by atoms with Gasteiger partial charge in [-0.25, -0.2) is 0 Å². The third-order valence-electron chi connectivity index (χ3n) is 5.92. The fourth-order valence-electron chi connectivity index (χ4n) is 3.98. The molecule has 0 unspecified atom stereocenters. The van der Waals surface area contributed by atoms with Gasteiger partial charge in [-0.05, 0) is 16.7 Å². The van der Waals surface area contributed by atoms with Gasteiger partial charge in [-0.1, -0.05) is 91.0 Å². The highest BCUT2D eigenvalue weighted by Gasteiger charge is 2.44. The van der Waals surface area contributed by atoms with E-state index >= 15 is 0 Å². The molecule has 0 amide bonds. The summed E-state index contributed by atoms with van der Waals surface area (Å²) in [5.41, 5.74) is 3.08. The molecule has 0 spiro atoms. The lowest BCUT2D eigenvalue weighted by molar-refractivity contribution is -0.303. The van der Waals surface area contributed by atoms with E-state index in [2.05, 4.69) is 0 Å². The highest BCUT2D eigenvalue weighted by molar-refractivity contribution is 5.15. The first-order chi connectivity index (χ1) is 17.7. The molecule has 3 aromatic carbocycles. The number of hydrogen-bond donors (Lipinski definition) is 2. The van der Waals surface area contributed by atoms with Gasteiger partial charge in [-0.2, -0.15) is 0 Å². The molecule has 192 valence electrons. The van der Waals surface area contributed by atoms with Crippen molar-refractivity contribution in [2.24, 2.45) is 0 Å². The minimum Gasteiger partial charge on any atom is -0.394 e. The van der Waals surface area contributed by atoms with Gasteiger partial charge >= 0.3 is 0 Å². The molecule has 7 heteroatoms. The highest BCUT2D eigenvalue weighted by Crippen LogP contribution is 2.27. The maximum absolute atomic E-state index is 9.84. The highest BCUT2D eigenvalue weighted by atomic mass is 16.7. The zero-order valence-electron chi connectivity index (χ0n) is 20.2. The SMILES string of the molecule is OC[C@@H](O)CO[C@@H]1OC[C@@H](OCc2ccccc2)[C@H](OCc2ccccc2)[C@H]1OCc1ccccc1. The van der Waals surface area contributed by atoms with Gasteiger partial charge in [-0.3, -0.25) is 0 Å². The van der Waals surface area contributed by atoms with Gasteiger partial charge in [0.15, 0.2) is 6.29 Å². The zero-order chi connectivity index (χ0) is 25.0. The predicted octanol–water partition coefficient (Wildman–Crippen LogP) is 3.47. The van der Waals surface area contributed by atoms with Crippen LogP contribution in [0.5, 0.6) is 0 Å². The first-order valence-corrected chi connectivity index (χ1v) is 12.2. The molecule has 1 aliphatic heterocycles. The van der Waals surface area contributed by atoms with Crippen LogP contribution in [0, 0.1) is 0 Å². The average molecular weight is 495 g/mol. The Bertz CT molecular complexity index is 986. The molecule has 0 aromatic heterocycles. The second-order valence-electron chi connectivity index (χ2n) is 8.73. The van der Waals surface area contributed by atoms with Crippen molar-refractivity contribution in [2.75, 3.05) is 19.8 Å². The van der Waals surface area contributed by atoms with Crippen molar-refractivity contribution < 1.29 is 33.9 Å². The largest absolute Gasteiger partial charge is 0.394 e. The summed E-state index contributed by atoms with van der Waals surface area (Å²) in [5.74, 6) is 0. The Balaban J connectivity index is 1.52. The topological polar surface area (TPSA) is 86.6 Å². The van der Waals surface area contributed by atoms with E-state index in [1.807, 2.05) is 91.0 Å². The average Bonchev–Trinajstić information content (AvgIpc) is 2.94. The summed E-state index contributed by atoms with van der Waals surface area (Å²) >= 11 is 0. The van der Waals surface area contributed by atoms with Gasteiger partial charge < -0.3 is 33.9 Å². The molecule has 0 bridgehead atoms. The number of benzene rings is 3. The Morgan fingerprint density at radius 2 is 1.14 bits per heavy atom. The zero-order valence-corrected chi connectivity index (χ0v) is 20.2. The lowest BCUT2D eigenvalue weighted by atomic mass is 10.0. The van der Waals surface area contributed by atoms with Crippen molar-refractivity contribution in [3.8, 4) is 0 Å². The van der Waals surface area contributed by atoms with Crippen molar-refractivity contribution in [3.05, 3.63) is 108 Å². The molecule has 1 heterocycles. The first-order valence-electron chi connectivity index (χ1n) is 12.2. The standard InChI is InChI=1S/C29H34O7/c30-16-25(31)20-35-29-28(34-19-24-14-8-3-9-15-24)27(33-18-23-12-6-2-7-13-23)26(21-36-29)32-17-22-10-4-1-5-11-22/h1-15,25-31H,16-21H2/t25-,26-,27+,28-,29-/m1/s1. The fraction of sp³-hybridized carbons (Fsp3) is 0.379. The Morgan fingerprint density at radius 1 is 0.667 bits per heavy atom. The van der Waals surface area contributed by atoms with E-state index in [4.69, 9.17) is 23.7 Å². The van der Waals surface area contributed by atoms with Gasteiger partial charge in [-0.15, -0.1) is 0 Å². The summed E-state index contributed by atoms with van der Waals surface area (Å²) in [5, 5.41) is 19.1. The molecule has 7 nitrogen and oxygen atoms in total. The second kappa shape index (κ2) is 14.2. The van der Waals surface area contributed by atoms with Gasteiger partial charge in [0.2, 0.25) is 0 Å². The smallest absolute Gasteiger partial charge is 0.186 e. The summed E-state index contributed by atoms with van der Waals surface area (Å²) in [6, 6.07) is 29.7. The van der Waals surface area contributed by atoms with Crippen molar-refractivity contribution in [1.82, 2.24) is 0 Å². The van der Waals surface area contributed by atoms with Crippen LogP contribution in [0.15, 0.2) is 91.0 Å². The number of aliphatic hydroxyl groups excluding tert-OH is 2. The van der Waals surface area contributed by atoms with E-state index in [1.165, 1.54) is 0 Å². The normalized spacial score (nSPS) is 22.8. The summed E-state index contributed by atoms with van der Waals surface area (Å²) in [7, 11) is 0. The molecule has 0 radical (unpaired) electrons. The van der Waals surface area contributed by atoms with E-state index < -0.39 is 37.3 Å². The number of aliphatic hydroxyl groups is 2. The van der Waals surface area contributed by atoms with Crippen molar-refractivity contribution in [2.45, 2.75) is 50.5 Å². The Hall–Kier alpha value is -2.62. The molecule has 36 heavy (non-hydrogen) atoms. The third kappa shape index (κ3) is 7.94. The fourth-order valence-corrected chi connectivity index (χ4v) is 3.98. The molecule has 5 atom stereocenters. The maximum Gasteiger partial charge on any atom is 0.186 e. The summed E-state index contributed by atoms with van der Waals surface area (Å²) in [6.07, 6.45) is -3.35. The molecule has 3 aromatic rings. The van der Waals surface area contributed by atoms with Crippen LogP contribution >= 0.6 is 0 Å². The Labute approximate surface area is 212 Å². The molecule has 1 saturated heterocycles. The van der Waals surface area contributed by atoms with Crippen LogP contribution in [0.4, 0.5) is 0 Å². The molecule has 2 N–H and O–H groups in total.